The van der Waals surface area contributed by atoms with Crippen molar-refractivity contribution in [3.05, 3.63) is 59.2 Å². The number of piperazine rings is 1. The van der Waals surface area contributed by atoms with Crippen molar-refractivity contribution in [3.63, 3.8) is 0 Å². The van der Waals surface area contributed by atoms with Gasteiger partial charge in [-0.3, -0.25) is 4.79 Å². The Morgan fingerprint density at radius 3 is 2.53 bits per heavy atom. The molecule has 0 spiro atoms. The first-order valence-corrected chi connectivity index (χ1v) is 11.9. The van der Waals surface area contributed by atoms with Crippen molar-refractivity contribution in [1.29, 1.82) is 0 Å². The Hall–Kier alpha value is -2.97. The van der Waals surface area contributed by atoms with Gasteiger partial charge in [0, 0.05) is 49.9 Å². The van der Waals surface area contributed by atoms with Gasteiger partial charge in [0.05, 0.1) is 6.61 Å². The van der Waals surface area contributed by atoms with Gasteiger partial charge in [0.25, 0.3) is 5.91 Å². The number of thiazole rings is 1. The predicted octanol–water partition coefficient (Wildman–Crippen LogP) is 3.68. The average Bonchev–Trinajstić information content (AvgIpc) is 3.34. The van der Waals surface area contributed by atoms with E-state index >= 15 is 0 Å². The third kappa shape index (κ3) is 5.44. The van der Waals surface area contributed by atoms with E-state index in [1.807, 2.05) is 49.5 Å². The van der Waals surface area contributed by atoms with E-state index in [0.29, 0.717) is 18.8 Å². The minimum Gasteiger partial charge on any atom is -0.494 e. The molecule has 1 aliphatic rings. The third-order valence-electron chi connectivity index (χ3n) is 5.55. The van der Waals surface area contributed by atoms with Gasteiger partial charge in [-0.1, -0.05) is 13.0 Å². The largest absolute Gasteiger partial charge is 0.494 e. The number of amides is 1. The summed E-state index contributed by atoms with van der Waals surface area (Å²) in [4.78, 5) is 26.4. The number of nitrogens with one attached hydrogen (secondary N) is 1. The molecule has 0 saturated carbocycles. The monoisotopic (exact) mass is 451 g/mol. The number of nitrogens with zero attached hydrogens (tertiary/aromatic N) is 4. The molecule has 168 valence electrons. The number of ether oxygens (including phenoxy) is 1. The SMILES string of the molecule is CCOc1ccc(-c2nc(C(=O)NCc3ccc(N4CCN(CC)CC4)nc3)cs2)cc1. The molecule has 1 aromatic carbocycles. The molecule has 3 heterocycles. The lowest BCUT2D eigenvalue weighted by Gasteiger charge is -2.34. The highest BCUT2D eigenvalue weighted by Gasteiger charge is 2.17. The maximum Gasteiger partial charge on any atom is 0.271 e. The van der Waals surface area contributed by atoms with Gasteiger partial charge in [-0.2, -0.15) is 0 Å². The minimum absolute atomic E-state index is 0.182. The standard InChI is InChI=1S/C24H29N5O2S/c1-3-28-11-13-29(14-12-28)22-10-5-18(15-25-22)16-26-23(30)21-17-32-24(27-21)19-6-8-20(9-7-19)31-4-2/h5-10,15,17H,3-4,11-14,16H2,1-2H3,(H,26,30). The number of likely N-dealkylation sites (N-methyl/N-ethyl adjacent to an activating group) is 1. The fourth-order valence-corrected chi connectivity index (χ4v) is 4.45. The molecule has 3 aromatic rings. The van der Waals surface area contributed by atoms with Crippen LogP contribution in [0.2, 0.25) is 0 Å². The molecule has 1 saturated heterocycles. The van der Waals surface area contributed by atoms with Crippen molar-refractivity contribution in [2.24, 2.45) is 0 Å². The van der Waals surface area contributed by atoms with Crippen molar-refractivity contribution < 1.29 is 9.53 Å². The fourth-order valence-electron chi connectivity index (χ4n) is 3.65. The molecule has 1 fully saturated rings. The summed E-state index contributed by atoms with van der Waals surface area (Å²) in [6.45, 7) is 10.4. The van der Waals surface area contributed by atoms with Crippen LogP contribution in [0.3, 0.4) is 0 Å². The van der Waals surface area contributed by atoms with Crippen LogP contribution in [0.4, 0.5) is 5.82 Å². The highest BCUT2D eigenvalue weighted by molar-refractivity contribution is 7.13. The molecule has 1 amide bonds. The van der Waals surface area contributed by atoms with Crippen LogP contribution in [-0.4, -0.2) is 60.1 Å². The highest BCUT2D eigenvalue weighted by Crippen LogP contribution is 2.26. The van der Waals surface area contributed by atoms with Crippen LogP contribution in [0.25, 0.3) is 10.6 Å². The van der Waals surface area contributed by atoms with E-state index in [-0.39, 0.29) is 5.91 Å². The fraction of sp³-hybridized carbons (Fsp3) is 0.375. The zero-order chi connectivity index (χ0) is 22.3. The first-order chi connectivity index (χ1) is 15.7. The second-order valence-electron chi connectivity index (χ2n) is 7.62. The molecule has 0 aliphatic carbocycles. The van der Waals surface area contributed by atoms with E-state index in [1.54, 1.807) is 5.38 Å². The summed E-state index contributed by atoms with van der Waals surface area (Å²) in [5.41, 5.74) is 2.37. The molecule has 1 N–H and O–H groups in total. The zero-order valence-corrected chi connectivity index (χ0v) is 19.4. The lowest BCUT2D eigenvalue weighted by molar-refractivity contribution is 0.0946. The molecule has 0 unspecified atom stereocenters. The number of benzene rings is 1. The Balaban J connectivity index is 1.30. The second kappa shape index (κ2) is 10.6. The van der Waals surface area contributed by atoms with E-state index in [0.717, 1.165) is 60.4 Å². The summed E-state index contributed by atoms with van der Waals surface area (Å²) >= 11 is 1.46. The zero-order valence-electron chi connectivity index (χ0n) is 18.6. The molecule has 7 nitrogen and oxygen atoms in total. The smallest absolute Gasteiger partial charge is 0.271 e. The lowest BCUT2D eigenvalue weighted by Crippen LogP contribution is -2.46. The van der Waals surface area contributed by atoms with Gasteiger partial charge in [0.1, 0.15) is 22.3 Å². The normalized spacial score (nSPS) is 14.4. The molecule has 0 bridgehead atoms. The van der Waals surface area contributed by atoms with E-state index < -0.39 is 0 Å². The average molecular weight is 452 g/mol. The summed E-state index contributed by atoms with van der Waals surface area (Å²) < 4.78 is 5.47. The maximum atomic E-state index is 12.6. The van der Waals surface area contributed by atoms with Crippen molar-refractivity contribution in [2.75, 3.05) is 44.2 Å². The minimum atomic E-state index is -0.182. The van der Waals surface area contributed by atoms with Crippen molar-refractivity contribution in [3.8, 4) is 16.3 Å². The second-order valence-corrected chi connectivity index (χ2v) is 8.48. The summed E-state index contributed by atoms with van der Waals surface area (Å²) in [6.07, 6.45) is 1.84. The number of hydrogen-bond donors (Lipinski definition) is 1. The van der Waals surface area contributed by atoms with Crippen molar-refractivity contribution >= 4 is 23.1 Å². The van der Waals surface area contributed by atoms with E-state index in [4.69, 9.17) is 4.74 Å². The molecule has 4 rings (SSSR count). The van der Waals surface area contributed by atoms with Crippen LogP contribution in [0, 0.1) is 0 Å². The molecular formula is C24H29N5O2S. The Bertz CT molecular complexity index is 1010. The Kier molecular flexibility index (Phi) is 7.34. The number of aromatic nitrogens is 2. The van der Waals surface area contributed by atoms with Gasteiger partial charge in [-0.25, -0.2) is 9.97 Å². The number of rotatable bonds is 8. The van der Waals surface area contributed by atoms with Gasteiger partial charge >= 0.3 is 0 Å². The molecule has 32 heavy (non-hydrogen) atoms. The van der Waals surface area contributed by atoms with Crippen LogP contribution in [0.5, 0.6) is 5.75 Å². The first-order valence-electron chi connectivity index (χ1n) is 11.1. The van der Waals surface area contributed by atoms with E-state index in [2.05, 4.69) is 32.0 Å². The van der Waals surface area contributed by atoms with Gasteiger partial charge in [-0.15, -0.1) is 11.3 Å². The molecule has 2 aromatic heterocycles. The quantitative estimate of drug-likeness (QED) is 0.563. The van der Waals surface area contributed by atoms with Crippen molar-refractivity contribution in [1.82, 2.24) is 20.2 Å². The molecule has 8 heteroatoms. The Morgan fingerprint density at radius 1 is 1.09 bits per heavy atom. The number of carbonyl (C=O) groups is 1. The molecule has 0 atom stereocenters. The lowest BCUT2D eigenvalue weighted by atomic mass is 10.2. The number of pyridine rings is 1. The van der Waals surface area contributed by atoms with Gasteiger partial charge in [0.2, 0.25) is 0 Å². The predicted molar refractivity (Wildman–Crippen MR) is 128 cm³/mol. The van der Waals surface area contributed by atoms with Gasteiger partial charge in [0.15, 0.2) is 0 Å². The molecular weight excluding hydrogens is 422 g/mol. The first kappa shape index (κ1) is 22.2. The topological polar surface area (TPSA) is 70.6 Å². The molecule has 0 radical (unpaired) electrons. The summed E-state index contributed by atoms with van der Waals surface area (Å²) in [5.74, 6) is 1.64. The summed E-state index contributed by atoms with van der Waals surface area (Å²) in [5, 5.41) is 5.55. The maximum absolute atomic E-state index is 12.6. The summed E-state index contributed by atoms with van der Waals surface area (Å²) in [6, 6.07) is 11.8. The number of hydrogen-bond acceptors (Lipinski definition) is 7. The van der Waals surface area contributed by atoms with Crippen LogP contribution < -0.4 is 15.0 Å². The third-order valence-corrected chi connectivity index (χ3v) is 6.45. The van der Waals surface area contributed by atoms with Crippen LogP contribution in [0.15, 0.2) is 48.0 Å². The Labute approximate surface area is 193 Å². The summed E-state index contributed by atoms with van der Waals surface area (Å²) in [7, 11) is 0. The van der Waals surface area contributed by atoms with E-state index in [1.165, 1.54) is 11.3 Å². The molecule has 1 aliphatic heterocycles. The van der Waals surface area contributed by atoms with Gasteiger partial charge in [-0.05, 0) is 49.4 Å². The van der Waals surface area contributed by atoms with Crippen molar-refractivity contribution in [2.45, 2.75) is 20.4 Å². The van der Waals surface area contributed by atoms with E-state index in [9.17, 15) is 4.79 Å². The van der Waals surface area contributed by atoms with Crippen LogP contribution in [0.1, 0.15) is 29.9 Å². The van der Waals surface area contributed by atoms with Crippen LogP contribution >= 0.6 is 11.3 Å². The van der Waals surface area contributed by atoms with Gasteiger partial charge < -0.3 is 19.9 Å². The highest BCUT2D eigenvalue weighted by atomic mass is 32.1. The number of carbonyl (C=O) groups excluding carboxylic acids is 1. The van der Waals surface area contributed by atoms with Crippen LogP contribution in [-0.2, 0) is 6.54 Å². The Morgan fingerprint density at radius 2 is 1.88 bits per heavy atom. The number of anilines is 1.